The van der Waals surface area contributed by atoms with Crippen molar-refractivity contribution >= 4 is 23.6 Å². The van der Waals surface area contributed by atoms with Gasteiger partial charge in [0.05, 0.1) is 25.5 Å². The number of rotatable bonds is 9. The molecule has 13 heteroatoms. The van der Waals surface area contributed by atoms with Crippen LogP contribution in [0.2, 0.25) is 0 Å². The zero-order valence-electron chi connectivity index (χ0n) is 25.7. The minimum absolute atomic E-state index is 0.0286. The van der Waals surface area contributed by atoms with Crippen LogP contribution < -0.4 is 20.4 Å². The Hall–Kier alpha value is -5.09. The van der Waals surface area contributed by atoms with Gasteiger partial charge in [0.15, 0.2) is 11.5 Å². The fourth-order valence-electron chi connectivity index (χ4n) is 6.15. The van der Waals surface area contributed by atoms with Crippen molar-refractivity contribution < 1.29 is 14.3 Å². The lowest BCUT2D eigenvalue weighted by molar-refractivity contribution is 0.0909. The van der Waals surface area contributed by atoms with E-state index in [1.165, 1.54) is 6.20 Å². The number of hydrogen-bond donors (Lipinski definition) is 3. The molecule has 238 valence electrons. The zero-order valence-corrected chi connectivity index (χ0v) is 25.7. The van der Waals surface area contributed by atoms with Gasteiger partial charge < -0.3 is 20.6 Å². The Labute approximate surface area is 266 Å². The predicted molar refractivity (Wildman–Crippen MR) is 172 cm³/mol. The fraction of sp³-hybridized carbons (Fsp3) is 0.394. The highest BCUT2D eigenvalue weighted by Gasteiger charge is 2.39. The van der Waals surface area contributed by atoms with Gasteiger partial charge in [-0.15, -0.1) is 0 Å². The summed E-state index contributed by atoms with van der Waals surface area (Å²) in [6.07, 6.45) is 10.0. The monoisotopic (exact) mass is 624 g/mol. The molecular formula is C33H37FN10O2. The zero-order chi connectivity index (χ0) is 32.1. The highest BCUT2D eigenvalue weighted by Crippen LogP contribution is 2.32. The van der Waals surface area contributed by atoms with Gasteiger partial charge >= 0.3 is 6.03 Å². The summed E-state index contributed by atoms with van der Waals surface area (Å²) in [7, 11) is 1.86. The van der Waals surface area contributed by atoms with Gasteiger partial charge in [0.2, 0.25) is 5.95 Å². The second-order valence-electron chi connectivity index (χ2n) is 12.0. The van der Waals surface area contributed by atoms with E-state index in [-0.39, 0.29) is 36.6 Å². The Morgan fingerprint density at radius 1 is 1.11 bits per heavy atom. The number of pyridine rings is 1. The first-order valence-electron chi connectivity index (χ1n) is 15.5. The van der Waals surface area contributed by atoms with Gasteiger partial charge in [0.25, 0.3) is 0 Å². The third-order valence-corrected chi connectivity index (χ3v) is 8.71. The normalized spacial score (nSPS) is 21.0. The molecule has 2 aliphatic rings. The number of carbonyl (C=O) groups is 1. The molecule has 0 bridgehead atoms. The Bertz CT molecular complexity index is 1680. The number of anilines is 3. The largest absolute Gasteiger partial charge is 0.393 e. The molecule has 1 unspecified atom stereocenters. The third-order valence-electron chi connectivity index (χ3n) is 8.71. The van der Waals surface area contributed by atoms with Gasteiger partial charge in [-0.3, -0.25) is 9.58 Å². The highest BCUT2D eigenvalue weighted by atomic mass is 19.1. The lowest BCUT2D eigenvalue weighted by Gasteiger charge is -2.36. The van der Waals surface area contributed by atoms with Crippen LogP contribution in [0.25, 0.3) is 11.1 Å². The van der Waals surface area contributed by atoms with E-state index in [1.54, 1.807) is 26.9 Å². The lowest BCUT2D eigenvalue weighted by atomic mass is 9.90. The summed E-state index contributed by atoms with van der Waals surface area (Å²) in [5, 5.41) is 29.8. The Morgan fingerprint density at radius 3 is 2.57 bits per heavy atom. The molecule has 0 spiro atoms. The first-order chi connectivity index (χ1) is 22.3. The maximum absolute atomic E-state index is 14.7. The summed E-state index contributed by atoms with van der Waals surface area (Å²) in [5.41, 5.74) is 1.42. The number of aromatic nitrogens is 5. The van der Waals surface area contributed by atoms with Crippen molar-refractivity contribution in [3.63, 3.8) is 0 Å². The molecule has 3 aromatic heterocycles. The van der Waals surface area contributed by atoms with Crippen LogP contribution in [0.15, 0.2) is 67.3 Å². The average molecular weight is 625 g/mol. The Balaban J connectivity index is 1.15. The standard InChI is InChI=1S/C33H37FN10O2/c1-42-20-26(19-39-42)24-7-12-29(36-17-24)44(32(46)38-16-23-5-3-2-4-6-23)28-10-8-27(9-11-28)40-31-37-18-25(15-35)30(41-31)43-14-13-33(34,21-43)22-45/h2-7,12,17-20,27-28,45H,8-11,13-14,16,21-22H2,1H3,(H,38,46)(H,37,40,41)/t27-,28-,33?. The second-order valence-corrected chi connectivity index (χ2v) is 12.0. The average Bonchev–Trinajstić information content (AvgIpc) is 3.71. The maximum Gasteiger partial charge on any atom is 0.323 e. The van der Waals surface area contributed by atoms with E-state index < -0.39 is 12.3 Å². The van der Waals surface area contributed by atoms with E-state index in [9.17, 15) is 19.6 Å². The van der Waals surface area contributed by atoms with Crippen LogP contribution in [0.3, 0.4) is 0 Å². The molecule has 2 fully saturated rings. The van der Waals surface area contributed by atoms with E-state index in [0.29, 0.717) is 30.7 Å². The van der Waals surface area contributed by atoms with Crippen molar-refractivity contribution in [1.29, 1.82) is 5.26 Å². The van der Waals surface area contributed by atoms with Crippen LogP contribution in [0, 0.1) is 11.3 Å². The number of carbonyl (C=O) groups excluding carboxylic acids is 1. The molecule has 4 aromatic rings. The molecule has 6 rings (SSSR count). The number of urea groups is 1. The van der Waals surface area contributed by atoms with Gasteiger partial charge in [0, 0.05) is 62.2 Å². The van der Waals surface area contributed by atoms with Gasteiger partial charge in [-0.25, -0.2) is 19.2 Å². The van der Waals surface area contributed by atoms with Gasteiger partial charge in [0.1, 0.15) is 17.5 Å². The van der Waals surface area contributed by atoms with Gasteiger partial charge in [-0.2, -0.15) is 15.3 Å². The van der Waals surface area contributed by atoms with Crippen molar-refractivity contribution in [3.05, 3.63) is 78.4 Å². The molecule has 4 heterocycles. The lowest BCUT2D eigenvalue weighted by Crippen LogP contribution is -2.49. The maximum atomic E-state index is 14.7. The highest BCUT2D eigenvalue weighted by molar-refractivity contribution is 5.91. The molecule has 1 saturated carbocycles. The number of nitrogens with one attached hydrogen (secondary N) is 2. The molecule has 3 N–H and O–H groups in total. The van der Waals surface area contributed by atoms with Gasteiger partial charge in [-0.1, -0.05) is 30.3 Å². The van der Waals surface area contributed by atoms with Crippen LogP contribution in [-0.4, -0.2) is 73.3 Å². The number of aryl methyl sites for hydroxylation is 1. The Kier molecular flexibility index (Phi) is 9.07. The quantitative estimate of drug-likeness (QED) is 0.249. The number of benzene rings is 1. The van der Waals surface area contributed by atoms with E-state index in [1.807, 2.05) is 55.7 Å². The topological polar surface area (TPSA) is 148 Å². The number of amides is 2. The van der Waals surface area contributed by atoms with Crippen molar-refractivity contribution in [2.75, 3.05) is 34.8 Å². The number of hydrogen-bond acceptors (Lipinski definition) is 9. The molecule has 1 aliphatic carbocycles. The molecule has 0 radical (unpaired) electrons. The van der Waals surface area contributed by atoms with Crippen molar-refractivity contribution in [1.82, 2.24) is 30.0 Å². The molecule has 46 heavy (non-hydrogen) atoms. The minimum Gasteiger partial charge on any atom is -0.393 e. The van der Waals surface area contributed by atoms with Gasteiger partial charge in [-0.05, 0) is 43.4 Å². The van der Waals surface area contributed by atoms with Crippen LogP contribution >= 0.6 is 0 Å². The summed E-state index contributed by atoms with van der Waals surface area (Å²) < 4.78 is 16.5. The number of aliphatic hydroxyl groups excluding tert-OH is 1. The van der Waals surface area contributed by atoms with E-state index in [0.717, 1.165) is 42.4 Å². The number of halogens is 1. The summed E-state index contributed by atoms with van der Waals surface area (Å²) in [6, 6.07) is 15.5. The fourth-order valence-corrected chi connectivity index (χ4v) is 6.15. The number of nitriles is 1. The van der Waals surface area contributed by atoms with Crippen LogP contribution in [0.5, 0.6) is 0 Å². The summed E-state index contributed by atoms with van der Waals surface area (Å²) >= 11 is 0. The summed E-state index contributed by atoms with van der Waals surface area (Å²) in [5.74, 6) is 1.30. The van der Waals surface area contributed by atoms with Crippen LogP contribution in [0.4, 0.5) is 26.8 Å². The number of nitrogens with zero attached hydrogens (tertiary/aromatic N) is 8. The SMILES string of the molecule is Cn1cc(-c2ccc(N(C(=O)NCc3ccccc3)[C@H]3CC[C@H](Nc4ncc(C#N)c(N5CCC(F)(CO)C5)n4)CC3)nc2)cn1. The molecule has 2 amide bonds. The van der Waals surface area contributed by atoms with E-state index in [4.69, 9.17) is 4.98 Å². The number of aliphatic hydroxyl groups is 1. The van der Waals surface area contributed by atoms with Crippen molar-refractivity contribution in [3.8, 4) is 17.2 Å². The minimum atomic E-state index is -1.71. The summed E-state index contributed by atoms with van der Waals surface area (Å²) in [4.78, 5) is 30.8. The van der Waals surface area contributed by atoms with Crippen molar-refractivity contribution in [2.24, 2.45) is 7.05 Å². The predicted octanol–water partition coefficient (Wildman–Crippen LogP) is 4.19. The first-order valence-corrected chi connectivity index (χ1v) is 15.5. The second kappa shape index (κ2) is 13.5. The first kappa shape index (κ1) is 30.9. The molecule has 1 aliphatic heterocycles. The Morgan fingerprint density at radius 2 is 1.91 bits per heavy atom. The molecule has 1 aromatic carbocycles. The third kappa shape index (κ3) is 6.92. The van der Waals surface area contributed by atoms with Crippen LogP contribution in [-0.2, 0) is 13.6 Å². The molecule has 12 nitrogen and oxygen atoms in total. The molecular weight excluding hydrogens is 587 g/mol. The summed E-state index contributed by atoms with van der Waals surface area (Å²) in [6.45, 7) is 0.153. The van der Waals surface area contributed by atoms with Crippen molar-refractivity contribution in [2.45, 2.75) is 56.4 Å². The van der Waals surface area contributed by atoms with Crippen LogP contribution in [0.1, 0.15) is 43.2 Å². The number of alkyl halides is 1. The molecule has 1 atom stereocenters. The van der Waals surface area contributed by atoms with E-state index >= 15 is 0 Å². The smallest absolute Gasteiger partial charge is 0.323 e. The molecule has 1 saturated heterocycles. The van der Waals surface area contributed by atoms with E-state index in [2.05, 4.69) is 31.8 Å².